The molecule has 1 aliphatic rings. The van der Waals surface area contributed by atoms with Crippen LogP contribution < -0.4 is 0 Å². The van der Waals surface area contributed by atoms with Crippen LogP contribution >= 0.6 is 0 Å². The molecule has 0 saturated carbocycles. The minimum absolute atomic E-state index is 0.528. The highest BCUT2D eigenvalue weighted by atomic mass is 16.3. The molecule has 0 amide bonds. The Kier molecular flexibility index (Phi) is 1.79. The molecule has 0 fully saturated rings. The van der Waals surface area contributed by atoms with Gasteiger partial charge in [0.25, 0.3) is 0 Å². The molecule has 0 radical (unpaired) electrons. The van der Waals surface area contributed by atoms with Crippen molar-refractivity contribution in [2.75, 3.05) is 0 Å². The fourth-order valence-electron chi connectivity index (χ4n) is 1.87. The topological polar surface area (TPSA) is 46.5 Å². The van der Waals surface area contributed by atoms with Gasteiger partial charge in [-0.05, 0) is 0 Å². The van der Waals surface area contributed by atoms with Gasteiger partial charge in [-0.2, -0.15) is 0 Å². The summed E-state index contributed by atoms with van der Waals surface area (Å²) in [5, 5.41) is 9.98. The summed E-state index contributed by atoms with van der Waals surface area (Å²) in [6.07, 6.45) is 10.5. The van der Waals surface area contributed by atoms with Gasteiger partial charge in [0.05, 0.1) is 31.2 Å². The third kappa shape index (κ3) is 1.32. The Balaban J connectivity index is 2.14. The van der Waals surface area contributed by atoms with Crippen molar-refractivity contribution in [1.29, 1.82) is 0 Å². The molecule has 1 N–H and O–H groups in total. The second-order valence-electron chi connectivity index (χ2n) is 3.69. The van der Waals surface area contributed by atoms with E-state index in [-0.39, 0.29) is 0 Å². The van der Waals surface area contributed by atoms with Crippen molar-refractivity contribution in [2.24, 2.45) is 0 Å². The van der Waals surface area contributed by atoms with Gasteiger partial charge in [-0.25, -0.2) is 0 Å². The highest BCUT2D eigenvalue weighted by Gasteiger charge is 2.18. The standard InChI is InChI=1S/C12H10O3/c13-12-3-10-6-14-4-8(10)1-2-9-5-15-7-11(9)12/h1-2,4-7,12-13H,3H2. The Labute approximate surface area is 86.6 Å². The normalized spacial score (nSPS) is 19.1. The summed E-state index contributed by atoms with van der Waals surface area (Å²) in [5.74, 6) is 0. The monoisotopic (exact) mass is 202 g/mol. The quantitative estimate of drug-likeness (QED) is 0.714. The molecule has 1 aliphatic carbocycles. The van der Waals surface area contributed by atoms with E-state index in [0.29, 0.717) is 6.42 Å². The number of rotatable bonds is 0. The fourth-order valence-corrected chi connectivity index (χ4v) is 1.87. The van der Waals surface area contributed by atoms with Crippen molar-refractivity contribution < 1.29 is 13.9 Å². The van der Waals surface area contributed by atoms with Crippen molar-refractivity contribution in [1.82, 2.24) is 0 Å². The molecule has 0 aliphatic heterocycles. The first-order valence-electron chi connectivity index (χ1n) is 4.82. The maximum absolute atomic E-state index is 9.98. The third-order valence-corrected chi connectivity index (χ3v) is 2.71. The zero-order valence-corrected chi connectivity index (χ0v) is 8.01. The predicted octanol–water partition coefficient (Wildman–Crippen LogP) is 2.63. The molecule has 1 unspecified atom stereocenters. The van der Waals surface area contributed by atoms with Crippen LogP contribution in [-0.4, -0.2) is 5.11 Å². The van der Waals surface area contributed by atoms with Crippen molar-refractivity contribution in [2.45, 2.75) is 12.5 Å². The average Bonchev–Trinajstić information content (AvgIpc) is 2.81. The Morgan fingerprint density at radius 2 is 1.73 bits per heavy atom. The van der Waals surface area contributed by atoms with Gasteiger partial charge in [-0.15, -0.1) is 0 Å². The van der Waals surface area contributed by atoms with E-state index in [4.69, 9.17) is 8.83 Å². The molecular weight excluding hydrogens is 192 g/mol. The summed E-state index contributed by atoms with van der Waals surface area (Å²) in [7, 11) is 0. The molecule has 0 spiro atoms. The van der Waals surface area contributed by atoms with Crippen LogP contribution in [0.3, 0.4) is 0 Å². The maximum Gasteiger partial charge on any atom is 0.0978 e. The van der Waals surface area contributed by atoms with E-state index in [1.54, 1.807) is 25.1 Å². The van der Waals surface area contributed by atoms with E-state index in [1.807, 2.05) is 12.2 Å². The number of hydrogen-bond donors (Lipinski definition) is 1. The van der Waals surface area contributed by atoms with Crippen LogP contribution in [0.1, 0.15) is 28.4 Å². The third-order valence-electron chi connectivity index (χ3n) is 2.71. The lowest BCUT2D eigenvalue weighted by Gasteiger charge is -2.11. The van der Waals surface area contributed by atoms with Crippen LogP contribution in [0.15, 0.2) is 33.9 Å². The number of aliphatic hydroxyl groups is 1. The van der Waals surface area contributed by atoms with Crippen LogP contribution in [0.5, 0.6) is 0 Å². The molecule has 3 nitrogen and oxygen atoms in total. The fraction of sp³-hybridized carbons (Fsp3) is 0.167. The van der Waals surface area contributed by atoms with E-state index < -0.39 is 6.10 Å². The molecule has 0 saturated heterocycles. The molecule has 15 heavy (non-hydrogen) atoms. The summed E-state index contributed by atoms with van der Waals surface area (Å²) in [6, 6.07) is 0. The highest BCUT2D eigenvalue weighted by molar-refractivity contribution is 5.72. The van der Waals surface area contributed by atoms with Gasteiger partial charge in [-0.1, -0.05) is 12.2 Å². The first kappa shape index (κ1) is 8.56. The van der Waals surface area contributed by atoms with E-state index in [2.05, 4.69) is 0 Å². The van der Waals surface area contributed by atoms with Crippen LogP contribution in [0.2, 0.25) is 0 Å². The van der Waals surface area contributed by atoms with Crippen molar-refractivity contribution >= 4 is 12.2 Å². The van der Waals surface area contributed by atoms with Gasteiger partial charge in [0.2, 0.25) is 0 Å². The average molecular weight is 202 g/mol. The molecule has 2 aromatic heterocycles. The largest absolute Gasteiger partial charge is 0.472 e. The van der Waals surface area contributed by atoms with Crippen LogP contribution in [0.25, 0.3) is 12.2 Å². The smallest absolute Gasteiger partial charge is 0.0978 e. The Hall–Kier alpha value is -1.74. The van der Waals surface area contributed by atoms with Crippen molar-refractivity contribution in [3.05, 3.63) is 47.3 Å². The van der Waals surface area contributed by atoms with Gasteiger partial charge < -0.3 is 13.9 Å². The second-order valence-corrected chi connectivity index (χ2v) is 3.69. The maximum atomic E-state index is 9.98. The van der Waals surface area contributed by atoms with E-state index in [1.165, 1.54) is 0 Å². The summed E-state index contributed by atoms with van der Waals surface area (Å²) < 4.78 is 10.2. The zero-order valence-electron chi connectivity index (χ0n) is 8.01. The number of aliphatic hydroxyl groups excluding tert-OH is 1. The Morgan fingerprint density at radius 1 is 1.00 bits per heavy atom. The summed E-state index contributed by atoms with van der Waals surface area (Å²) in [6.45, 7) is 0. The first-order chi connectivity index (χ1) is 7.34. The number of hydrogen-bond acceptors (Lipinski definition) is 3. The SMILES string of the molecule is OC1Cc2cocc2C=Cc2cocc21. The van der Waals surface area contributed by atoms with Crippen LogP contribution in [-0.2, 0) is 6.42 Å². The van der Waals surface area contributed by atoms with Gasteiger partial charge in [0, 0.05) is 28.7 Å². The molecule has 3 rings (SSSR count). The van der Waals surface area contributed by atoms with Gasteiger partial charge in [0.15, 0.2) is 0 Å². The van der Waals surface area contributed by atoms with Gasteiger partial charge in [0.1, 0.15) is 0 Å². The molecule has 3 heteroatoms. The predicted molar refractivity (Wildman–Crippen MR) is 55.0 cm³/mol. The highest BCUT2D eigenvalue weighted by Crippen LogP contribution is 2.29. The lowest BCUT2D eigenvalue weighted by atomic mass is 9.96. The molecule has 76 valence electrons. The first-order valence-corrected chi connectivity index (χ1v) is 4.82. The summed E-state index contributed by atoms with van der Waals surface area (Å²) in [4.78, 5) is 0. The molecule has 0 aromatic carbocycles. The zero-order chi connectivity index (χ0) is 10.3. The molecular formula is C12H10O3. The summed E-state index contributed by atoms with van der Waals surface area (Å²) >= 11 is 0. The molecule has 2 heterocycles. The van der Waals surface area contributed by atoms with Crippen LogP contribution in [0.4, 0.5) is 0 Å². The minimum Gasteiger partial charge on any atom is -0.472 e. The molecule has 1 atom stereocenters. The summed E-state index contributed by atoms with van der Waals surface area (Å²) in [5.41, 5.74) is 3.79. The molecule has 2 aromatic rings. The number of fused-ring (bicyclic) bond motifs is 2. The van der Waals surface area contributed by atoms with E-state index in [9.17, 15) is 5.11 Å². The molecule has 0 bridgehead atoms. The Bertz CT molecular complexity index is 504. The van der Waals surface area contributed by atoms with Crippen molar-refractivity contribution in [3.63, 3.8) is 0 Å². The lowest BCUT2D eigenvalue weighted by molar-refractivity contribution is 0.177. The minimum atomic E-state index is -0.528. The second kappa shape index (κ2) is 3.14. The van der Waals surface area contributed by atoms with Gasteiger partial charge >= 0.3 is 0 Å². The van der Waals surface area contributed by atoms with E-state index in [0.717, 1.165) is 22.3 Å². The van der Waals surface area contributed by atoms with Gasteiger partial charge in [-0.3, -0.25) is 0 Å². The van der Waals surface area contributed by atoms with Crippen molar-refractivity contribution in [3.8, 4) is 0 Å². The lowest BCUT2D eigenvalue weighted by Crippen LogP contribution is -2.03. The Morgan fingerprint density at radius 3 is 2.67 bits per heavy atom. The van der Waals surface area contributed by atoms with E-state index >= 15 is 0 Å². The van der Waals surface area contributed by atoms with Crippen LogP contribution in [0, 0.1) is 0 Å². The number of furan rings is 2.